The fourth-order valence-corrected chi connectivity index (χ4v) is 3.86. The first-order chi connectivity index (χ1) is 10.1. The summed E-state index contributed by atoms with van der Waals surface area (Å²) in [6, 6.07) is 4.28. The van der Waals surface area contributed by atoms with Crippen molar-refractivity contribution in [1.29, 1.82) is 0 Å². The lowest BCUT2D eigenvalue weighted by Crippen LogP contribution is -2.32. The number of hydrogen-bond donors (Lipinski definition) is 1. The van der Waals surface area contributed by atoms with Crippen molar-refractivity contribution in [1.82, 2.24) is 14.9 Å². The Morgan fingerprint density at radius 2 is 2.00 bits per heavy atom. The molecular weight excluding hydrogens is 282 g/mol. The average Bonchev–Trinajstić information content (AvgIpc) is 3.19. The topological polar surface area (TPSA) is 46.9 Å². The van der Waals surface area contributed by atoms with Crippen molar-refractivity contribution in [3.63, 3.8) is 0 Å². The molecule has 2 aromatic rings. The summed E-state index contributed by atoms with van der Waals surface area (Å²) in [7, 11) is 0. The van der Waals surface area contributed by atoms with E-state index in [2.05, 4.69) is 24.1 Å². The summed E-state index contributed by atoms with van der Waals surface area (Å²) < 4.78 is 1.96. The Morgan fingerprint density at radius 1 is 1.33 bits per heavy atom. The van der Waals surface area contributed by atoms with Crippen LogP contribution in [0.5, 0.6) is 0 Å². The van der Waals surface area contributed by atoms with Crippen molar-refractivity contribution < 1.29 is 4.79 Å². The van der Waals surface area contributed by atoms with Crippen LogP contribution in [0.2, 0.25) is 0 Å². The number of carbonyl (C=O) groups is 1. The number of nitrogens with zero attached hydrogens (tertiary/aromatic N) is 2. The fourth-order valence-electron chi connectivity index (χ4n) is 2.77. The second kappa shape index (κ2) is 6.02. The molecule has 1 amide bonds. The molecule has 1 saturated carbocycles. The van der Waals surface area contributed by atoms with E-state index < -0.39 is 0 Å². The number of nitrogens with one attached hydrogen (secondary N) is 1. The van der Waals surface area contributed by atoms with Gasteiger partial charge in [0.25, 0.3) is 5.91 Å². The summed E-state index contributed by atoms with van der Waals surface area (Å²) in [5.74, 6) is 0.288. The lowest BCUT2D eigenvalue weighted by atomic mass is 10.1. The van der Waals surface area contributed by atoms with Crippen molar-refractivity contribution in [2.24, 2.45) is 0 Å². The second-order valence-corrected chi connectivity index (χ2v) is 6.89. The highest BCUT2D eigenvalue weighted by molar-refractivity contribution is 7.16. The van der Waals surface area contributed by atoms with Crippen molar-refractivity contribution >= 4 is 17.2 Å². The zero-order valence-corrected chi connectivity index (χ0v) is 13.3. The molecule has 0 spiro atoms. The van der Waals surface area contributed by atoms with Crippen LogP contribution < -0.4 is 5.32 Å². The van der Waals surface area contributed by atoms with Gasteiger partial charge in [0, 0.05) is 18.4 Å². The van der Waals surface area contributed by atoms with Crippen molar-refractivity contribution in [2.45, 2.75) is 51.5 Å². The Balaban J connectivity index is 1.87. The molecule has 4 nitrogen and oxygen atoms in total. The zero-order valence-electron chi connectivity index (χ0n) is 12.5. The van der Waals surface area contributed by atoms with Crippen LogP contribution in [0.1, 0.15) is 60.8 Å². The molecule has 21 heavy (non-hydrogen) atoms. The normalized spacial score (nSPS) is 15.8. The molecule has 0 aromatic carbocycles. The second-order valence-electron chi connectivity index (χ2n) is 5.91. The van der Waals surface area contributed by atoms with Gasteiger partial charge in [0.15, 0.2) is 5.13 Å². The Morgan fingerprint density at radius 3 is 2.62 bits per heavy atom. The molecule has 5 heteroatoms. The van der Waals surface area contributed by atoms with Crippen LogP contribution in [-0.2, 0) is 0 Å². The molecule has 0 aliphatic heterocycles. The maximum Gasteiger partial charge on any atom is 0.263 e. The number of carbonyl (C=O) groups excluding carboxylic acids is 1. The minimum atomic E-state index is 0.0431. The van der Waals surface area contributed by atoms with E-state index in [1.54, 1.807) is 0 Å². The number of aromatic nitrogens is 2. The molecule has 1 N–H and O–H groups in total. The highest BCUT2D eigenvalue weighted by Crippen LogP contribution is 2.28. The van der Waals surface area contributed by atoms with Crippen molar-refractivity contribution in [2.75, 3.05) is 0 Å². The summed E-state index contributed by atoms with van der Waals surface area (Å²) in [6.45, 7) is 4.17. The van der Waals surface area contributed by atoms with Crippen LogP contribution in [-0.4, -0.2) is 21.5 Å². The van der Waals surface area contributed by atoms with Gasteiger partial charge < -0.3 is 9.88 Å². The van der Waals surface area contributed by atoms with Gasteiger partial charge >= 0.3 is 0 Å². The van der Waals surface area contributed by atoms with E-state index >= 15 is 0 Å². The van der Waals surface area contributed by atoms with Crippen LogP contribution in [0.4, 0.5) is 0 Å². The van der Waals surface area contributed by atoms with E-state index in [1.165, 1.54) is 24.2 Å². The maximum absolute atomic E-state index is 12.6. The molecule has 1 aliphatic carbocycles. The number of rotatable bonds is 4. The largest absolute Gasteiger partial charge is 0.349 e. The van der Waals surface area contributed by atoms with E-state index in [-0.39, 0.29) is 11.8 Å². The Bertz CT molecular complexity index is 610. The van der Waals surface area contributed by atoms with Gasteiger partial charge in [0.1, 0.15) is 4.88 Å². The number of hydrogen-bond acceptors (Lipinski definition) is 3. The maximum atomic E-state index is 12.6. The van der Waals surface area contributed by atoms with Gasteiger partial charge in [-0.1, -0.05) is 38.0 Å². The monoisotopic (exact) mass is 303 g/mol. The van der Waals surface area contributed by atoms with Gasteiger partial charge in [-0.15, -0.1) is 0 Å². The highest BCUT2D eigenvalue weighted by Gasteiger charge is 2.24. The first-order valence-corrected chi connectivity index (χ1v) is 8.41. The first kappa shape index (κ1) is 14.3. The van der Waals surface area contributed by atoms with Crippen LogP contribution >= 0.6 is 11.3 Å². The predicted octanol–water partition coefficient (Wildman–Crippen LogP) is 3.73. The predicted molar refractivity (Wildman–Crippen MR) is 85.3 cm³/mol. The average molecular weight is 303 g/mol. The first-order valence-electron chi connectivity index (χ1n) is 7.60. The van der Waals surface area contributed by atoms with Gasteiger partial charge in [-0.25, -0.2) is 4.98 Å². The van der Waals surface area contributed by atoms with Crippen molar-refractivity contribution in [3.8, 4) is 5.13 Å². The SMILES string of the molecule is CC(C)c1nc(-n2cccc2)sc1C(=O)NC1CCCC1. The third-order valence-corrected chi connectivity index (χ3v) is 4.99. The minimum absolute atomic E-state index is 0.0431. The van der Waals surface area contributed by atoms with Gasteiger partial charge in [-0.2, -0.15) is 0 Å². The van der Waals surface area contributed by atoms with Crippen LogP contribution in [0, 0.1) is 0 Å². The Labute approximate surface area is 129 Å². The molecule has 0 unspecified atom stereocenters. The van der Waals surface area contributed by atoms with E-state index in [1.807, 2.05) is 29.1 Å². The van der Waals surface area contributed by atoms with Crippen LogP contribution in [0.25, 0.3) is 5.13 Å². The fraction of sp³-hybridized carbons (Fsp3) is 0.500. The quantitative estimate of drug-likeness (QED) is 0.935. The molecule has 3 rings (SSSR count). The lowest BCUT2D eigenvalue weighted by molar-refractivity contribution is 0.0940. The summed E-state index contributed by atoms with van der Waals surface area (Å²) in [6.07, 6.45) is 8.57. The molecule has 2 heterocycles. The molecule has 2 aromatic heterocycles. The van der Waals surface area contributed by atoms with E-state index in [4.69, 9.17) is 0 Å². The minimum Gasteiger partial charge on any atom is -0.349 e. The van der Waals surface area contributed by atoms with E-state index in [0.29, 0.717) is 6.04 Å². The van der Waals surface area contributed by atoms with Gasteiger partial charge in [0.2, 0.25) is 0 Å². The number of amides is 1. The van der Waals surface area contributed by atoms with Crippen molar-refractivity contribution in [3.05, 3.63) is 35.1 Å². The Kier molecular flexibility index (Phi) is 4.10. The molecule has 1 fully saturated rings. The van der Waals surface area contributed by atoms with Gasteiger partial charge in [0.05, 0.1) is 5.69 Å². The molecule has 0 bridgehead atoms. The lowest BCUT2D eigenvalue weighted by Gasteiger charge is -2.12. The molecule has 1 aliphatic rings. The summed E-state index contributed by atoms with van der Waals surface area (Å²) in [5.41, 5.74) is 0.902. The third-order valence-electron chi connectivity index (χ3n) is 3.91. The summed E-state index contributed by atoms with van der Waals surface area (Å²) >= 11 is 1.48. The van der Waals surface area contributed by atoms with Gasteiger partial charge in [-0.3, -0.25) is 4.79 Å². The summed E-state index contributed by atoms with van der Waals surface area (Å²) in [5, 5.41) is 4.03. The van der Waals surface area contributed by atoms with E-state index in [0.717, 1.165) is 28.5 Å². The molecule has 0 saturated heterocycles. The highest BCUT2D eigenvalue weighted by atomic mass is 32.1. The zero-order chi connectivity index (χ0) is 14.8. The third kappa shape index (κ3) is 3.02. The molecule has 0 atom stereocenters. The molecule has 0 radical (unpaired) electrons. The standard InChI is InChI=1S/C16H21N3OS/c1-11(2)13-14(15(20)17-12-7-3-4-8-12)21-16(18-13)19-9-5-6-10-19/h5-6,9-12H,3-4,7-8H2,1-2H3,(H,17,20). The van der Waals surface area contributed by atoms with E-state index in [9.17, 15) is 4.79 Å². The Hall–Kier alpha value is -1.62. The van der Waals surface area contributed by atoms with Crippen LogP contribution in [0.15, 0.2) is 24.5 Å². The van der Waals surface area contributed by atoms with Gasteiger partial charge in [-0.05, 0) is 30.9 Å². The molecule has 112 valence electrons. The van der Waals surface area contributed by atoms with Crippen LogP contribution in [0.3, 0.4) is 0 Å². The molecular formula is C16H21N3OS. The number of thiazole rings is 1. The smallest absolute Gasteiger partial charge is 0.263 e. The summed E-state index contributed by atoms with van der Waals surface area (Å²) in [4.78, 5) is 18.0.